The SMILES string of the molecule is CC(C)C1NC(=O)CCCCCC2CC(C2)c2cc(F)c(F)c(c2)-c2nc(n(Cc3ccccc3)n2)[C@@H](C(C)(C)C)N(C(=O)[C@H](C)O)CCCNC(=O)OCc2ccc(cc2)NC(=O)CNC1=O. The van der Waals surface area contributed by atoms with Crippen LogP contribution in [-0.4, -0.2) is 86.3 Å². The van der Waals surface area contributed by atoms with Crippen LogP contribution < -0.4 is 21.3 Å². The van der Waals surface area contributed by atoms with E-state index in [2.05, 4.69) is 21.3 Å². The van der Waals surface area contributed by atoms with Gasteiger partial charge in [-0.05, 0) is 96.7 Å². The van der Waals surface area contributed by atoms with Gasteiger partial charge in [0.2, 0.25) is 17.7 Å². The maximum absolute atomic E-state index is 16.0. The Morgan fingerprint density at radius 1 is 0.912 bits per heavy atom. The number of hydrogen-bond acceptors (Lipinski definition) is 9. The van der Waals surface area contributed by atoms with Crippen LogP contribution in [0.2, 0.25) is 0 Å². The van der Waals surface area contributed by atoms with E-state index in [1.807, 2.05) is 65.0 Å². The van der Waals surface area contributed by atoms with Gasteiger partial charge in [-0.1, -0.05) is 96.3 Å². The van der Waals surface area contributed by atoms with Gasteiger partial charge >= 0.3 is 6.09 Å². The molecule has 0 spiro atoms. The molecule has 5 heterocycles. The molecule has 1 aliphatic carbocycles. The summed E-state index contributed by atoms with van der Waals surface area (Å²) in [6, 6.07) is 17.3. The Balaban J connectivity index is 1.27. The third-order valence-corrected chi connectivity index (χ3v) is 12.5. The first-order chi connectivity index (χ1) is 32.4. The first kappa shape index (κ1) is 51.2. The summed E-state index contributed by atoms with van der Waals surface area (Å²) >= 11 is 0. The summed E-state index contributed by atoms with van der Waals surface area (Å²) in [7, 11) is 0. The highest BCUT2D eigenvalue weighted by atomic mass is 19.2. The number of rotatable bonds is 4. The molecule has 8 bridgehead atoms. The van der Waals surface area contributed by atoms with E-state index in [-0.39, 0.29) is 74.8 Å². The topological polar surface area (TPSA) is 197 Å². The number of aliphatic hydroxyl groups excluding tert-OH is 1. The lowest BCUT2D eigenvalue weighted by atomic mass is 9.69. The van der Waals surface area contributed by atoms with Crippen LogP contribution in [0.15, 0.2) is 66.7 Å². The number of carbonyl (C=O) groups excluding carboxylic acids is 5. The third-order valence-electron chi connectivity index (χ3n) is 12.5. The second-order valence-corrected chi connectivity index (χ2v) is 19.5. The highest BCUT2D eigenvalue weighted by molar-refractivity contribution is 5.96. The molecule has 1 aromatic heterocycles. The summed E-state index contributed by atoms with van der Waals surface area (Å²) in [5.74, 6) is -3.42. The zero-order chi connectivity index (χ0) is 49.1. The van der Waals surface area contributed by atoms with Gasteiger partial charge in [0.15, 0.2) is 23.3 Å². The van der Waals surface area contributed by atoms with Gasteiger partial charge in [0.05, 0.1) is 24.7 Å². The lowest BCUT2D eigenvalue weighted by molar-refractivity contribution is -0.145. The summed E-state index contributed by atoms with van der Waals surface area (Å²) in [4.78, 5) is 71.9. The average Bonchev–Trinajstić information content (AvgIpc) is 3.67. The van der Waals surface area contributed by atoms with Crippen molar-refractivity contribution in [1.82, 2.24) is 35.6 Å². The third kappa shape index (κ3) is 13.7. The zero-order valence-corrected chi connectivity index (χ0v) is 39.9. The van der Waals surface area contributed by atoms with Crippen molar-refractivity contribution < 1.29 is 42.6 Å². The van der Waals surface area contributed by atoms with Gasteiger partial charge < -0.3 is 36.0 Å². The largest absolute Gasteiger partial charge is 0.445 e. The van der Waals surface area contributed by atoms with Crippen molar-refractivity contribution in [2.24, 2.45) is 17.3 Å². The van der Waals surface area contributed by atoms with E-state index >= 15 is 8.78 Å². The van der Waals surface area contributed by atoms with E-state index in [9.17, 15) is 29.1 Å². The van der Waals surface area contributed by atoms with Crippen LogP contribution in [0.4, 0.5) is 19.3 Å². The average molecular weight is 941 g/mol. The minimum absolute atomic E-state index is 0.00341. The van der Waals surface area contributed by atoms with Crippen molar-refractivity contribution in [1.29, 1.82) is 0 Å². The number of nitrogens with one attached hydrogen (secondary N) is 4. The molecule has 5 N–H and O–H groups in total. The monoisotopic (exact) mass is 941 g/mol. The lowest BCUT2D eigenvalue weighted by Crippen LogP contribution is -2.51. The van der Waals surface area contributed by atoms with Crippen molar-refractivity contribution >= 4 is 35.4 Å². The summed E-state index contributed by atoms with van der Waals surface area (Å²) in [6.45, 7) is 10.8. The Labute approximate surface area is 397 Å². The van der Waals surface area contributed by atoms with E-state index in [1.54, 1.807) is 35.0 Å². The Hall–Kier alpha value is -6.23. The summed E-state index contributed by atoms with van der Waals surface area (Å²) in [6.07, 6.45) is 3.22. The van der Waals surface area contributed by atoms with Crippen LogP contribution in [0.1, 0.15) is 127 Å². The van der Waals surface area contributed by atoms with Crippen LogP contribution in [0, 0.1) is 28.9 Å². The number of carbonyl (C=O) groups is 5. The minimum atomic E-state index is -1.40. The first-order valence-electron chi connectivity index (χ1n) is 23.7. The number of hydrogen-bond donors (Lipinski definition) is 5. The summed E-state index contributed by atoms with van der Waals surface area (Å²) < 4.78 is 38.6. The Kier molecular flexibility index (Phi) is 17.4. The Morgan fingerprint density at radius 2 is 1.63 bits per heavy atom. The smallest absolute Gasteiger partial charge is 0.407 e. The molecule has 1 unspecified atom stereocenters. The van der Waals surface area contributed by atoms with E-state index in [4.69, 9.17) is 14.8 Å². The molecule has 5 aliphatic rings. The molecular formula is C51H66F2N8O7. The Bertz CT molecular complexity index is 2380. The number of halogens is 2. The molecule has 5 amide bonds. The molecule has 0 saturated heterocycles. The second-order valence-electron chi connectivity index (χ2n) is 19.5. The highest BCUT2D eigenvalue weighted by Gasteiger charge is 2.40. The van der Waals surface area contributed by atoms with E-state index in [0.717, 1.165) is 37.7 Å². The number of alkyl carbamates (subject to hydrolysis) is 1. The maximum atomic E-state index is 16.0. The Morgan fingerprint density at radius 3 is 2.31 bits per heavy atom. The predicted octanol–water partition coefficient (Wildman–Crippen LogP) is 7.54. The molecule has 366 valence electrons. The molecule has 4 aromatic rings. The normalized spacial score (nSPS) is 21.5. The summed E-state index contributed by atoms with van der Waals surface area (Å²) in [5.41, 5.74) is 1.78. The lowest BCUT2D eigenvalue weighted by Gasteiger charge is -2.40. The fourth-order valence-corrected chi connectivity index (χ4v) is 8.88. The van der Waals surface area contributed by atoms with Crippen LogP contribution in [0.25, 0.3) is 11.4 Å². The molecule has 1 saturated carbocycles. The number of nitrogens with zero attached hydrogens (tertiary/aromatic N) is 4. The molecule has 3 aromatic carbocycles. The van der Waals surface area contributed by atoms with Gasteiger partial charge in [-0.2, -0.15) is 5.10 Å². The fourth-order valence-electron chi connectivity index (χ4n) is 8.88. The molecule has 1 fully saturated rings. The number of ether oxygens (including phenoxy) is 1. The second kappa shape index (κ2) is 23.2. The van der Waals surface area contributed by atoms with Crippen molar-refractivity contribution in [2.75, 3.05) is 25.0 Å². The van der Waals surface area contributed by atoms with E-state index < -0.39 is 59.1 Å². The van der Waals surface area contributed by atoms with Crippen LogP contribution in [0.3, 0.4) is 0 Å². The summed E-state index contributed by atoms with van der Waals surface area (Å²) in [5, 5.41) is 26.4. The maximum Gasteiger partial charge on any atom is 0.407 e. The van der Waals surface area contributed by atoms with Crippen LogP contribution in [0.5, 0.6) is 0 Å². The molecule has 0 radical (unpaired) electrons. The van der Waals surface area contributed by atoms with Gasteiger partial charge in [0, 0.05) is 25.2 Å². The van der Waals surface area contributed by atoms with Crippen molar-refractivity contribution in [3.05, 3.63) is 101 Å². The van der Waals surface area contributed by atoms with Crippen molar-refractivity contribution in [3.63, 3.8) is 0 Å². The number of anilines is 1. The molecule has 3 atom stereocenters. The highest BCUT2D eigenvalue weighted by Crippen LogP contribution is 2.46. The minimum Gasteiger partial charge on any atom is -0.445 e. The molecular weight excluding hydrogens is 875 g/mol. The predicted molar refractivity (Wildman–Crippen MR) is 253 cm³/mol. The van der Waals surface area contributed by atoms with Gasteiger partial charge in [-0.25, -0.2) is 23.2 Å². The molecule has 9 rings (SSSR count). The number of aliphatic hydroxyl groups is 1. The van der Waals surface area contributed by atoms with Gasteiger partial charge in [0.1, 0.15) is 18.8 Å². The number of benzene rings is 3. The number of aromatic nitrogens is 3. The molecule has 15 nitrogen and oxygen atoms in total. The van der Waals surface area contributed by atoms with E-state index in [1.165, 1.54) is 17.9 Å². The molecule has 17 heteroatoms. The standard InChI is InChI=1S/C51H66F2N8O7/c1-31(2)44-48(65)55-28-42(64)56-38-20-18-34(19-21-38)30-68-50(67)54-22-13-23-60(49(66)32(3)62)45(51(4,5)6)47-58-46(59-61(47)29-33-14-9-7-10-15-33)39-26-37(27-40(52)43(39)53)36-24-35(25-36)16-11-8-12-17-41(63)57-44/h7,9-10,14-15,18-21,26-27,31-32,35-36,44-45,62H,8,11-13,16-17,22-25,28-30H2,1-6H3,(H,54,67)(H,55,65)(H,56,64)(H,57,63)/t32-,35?,36?,44?,45-/m0/s1. The van der Waals surface area contributed by atoms with Crippen molar-refractivity contribution in [2.45, 2.75) is 130 Å². The molecule has 68 heavy (non-hydrogen) atoms. The van der Waals surface area contributed by atoms with Crippen LogP contribution >= 0.6 is 0 Å². The van der Waals surface area contributed by atoms with Gasteiger partial charge in [-0.15, -0.1) is 0 Å². The zero-order valence-electron chi connectivity index (χ0n) is 39.9. The van der Waals surface area contributed by atoms with Crippen LogP contribution in [-0.2, 0) is 37.1 Å². The first-order valence-corrected chi connectivity index (χ1v) is 23.7. The number of amides is 5. The van der Waals surface area contributed by atoms with Gasteiger partial charge in [0.25, 0.3) is 5.91 Å². The van der Waals surface area contributed by atoms with Crippen molar-refractivity contribution in [3.8, 4) is 11.4 Å². The van der Waals surface area contributed by atoms with E-state index in [0.29, 0.717) is 35.0 Å². The molecule has 4 aliphatic heterocycles. The quantitative estimate of drug-likeness (QED) is 0.137. The van der Waals surface area contributed by atoms with Gasteiger partial charge in [-0.3, -0.25) is 19.2 Å². The fraction of sp³-hybridized carbons (Fsp3) is 0.510.